The van der Waals surface area contributed by atoms with Crippen molar-refractivity contribution >= 4 is 5.78 Å². The largest absolute Gasteiger partial charge is 0.493 e. The lowest BCUT2D eigenvalue weighted by Gasteiger charge is -2.32. The highest BCUT2D eigenvalue weighted by atomic mass is 16.5. The topological polar surface area (TPSA) is 44.8 Å². The molecule has 1 aromatic rings. The molecule has 2 aliphatic rings. The summed E-state index contributed by atoms with van der Waals surface area (Å²) < 4.78 is 16.9. The third-order valence-electron chi connectivity index (χ3n) is 5.33. The number of benzene rings is 1. The van der Waals surface area contributed by atoms with Crippen molar-refractivity contribution in [2.45, 2.75) is 58.0 Å². The highest BCUT2D eigenvalue weighted by molar-refractivity contribution is 5.80. The number of methoxy groups -OCH3 is 1. The molecule has 1 aromatic carbocycles. The molecule has 0 N–H and O–H groups in total. The first kappa shape index (κ1) is 17.3. The number of hydrogen-bond donors (Lipinski definition) is 0. The SMILES string of the molecule is COC1CCOc2ccc(OCC(=O)CC3(C)CCCCC3)cc21. The summed E-state index contributed by atoms with van der Waals surface area (Å²) in [6.45, 7) is 3.05. The number of fused-ring (bicyclic) bond motifs is 1. The summed E-state index contributed by atoms with van der Waals surface area (Å²) in [5.41, 5.74) is 1.18. The van der Waals surface area contributed by atoms with Crippen molar-refractivity contribution in [3.05, 3.63) is 23.8 Å². The molecule has 4 nitrogen and oxygen atoms in total. The zero-order chi connectivity index (χ0) is 17.0. The Morgan fingerprint density at radius 1 is 1.29 bits per heavy atom. The minimum atomic E-state index is 0.0363. The second-order valence-corrected chi connectivity index (χ2v) is 7.44. The van der Waals surface area contributed by atoms with Crippen LogP contribution in [-0.2, 0) is 9.53 Å². The van der Waals surface area contributed by atoms with E-state index in [2.05, 4.69) is 6.92 Å². The van der Waals surface area contributed by atoms with Gasteiger partial charge in [-0.1, -0.05) is 26.2 Å². The van der Waals surface area contributed by atoms with Crippen molar-refractivity contribution in [2.75, 3.05) is 20.3 Å². The maximum atomic E-state index is 12.3. The Bertz CT molecular complexity index is 575. The third-order valence-corrected chi connectivity index (χ3v) is 5.33. The molecule has 1 atom stereocenters. The molecule has 1 saturated carbocycles. The van der Waals surface area contributed by atoms with Crippen molar-refractivity contribution in [1.82, 2.24) is 0 Å². The van der Waals surface area contributed by atoms with Crippen LogP contribution in [0.1, 0.15) is 63.5 Å². The van der Waals surface area contributed by atoms with Crippen LogP contribution in [0.25, 0.3) is 0 Å². The van der Waals surface area contributed by atoms with Gasteiger partial charge in [0, 0.05) is 25.5 Å². The lowest BCUT2D eigenvalue weighted by molar-refractivity contribution is -0.123. The van der Waals surface area contributed by atoms with E-state index in [9.17, 15) is 4.79 Å². The zero-order valence-electron chi connectivity index (χ0n) is 14.8. The average molecular weight is 332 g/mol. The standard InChI is InChI=1S/C20H28O4/c1-20(9-4-3-5-10-20)13-15(21)14-24-16-6-7-19-17(12-16)18(22-2)8-11-23-19/h6-7,12,18H,3-5,8-11,13-14H2,1-2H3. The molecule has 1 fully saturated rings. The Hall–Kier alpha value is -1.55. The van der Waals surface area contributed by atoms with Gasteiger partial charge in [-0.15, -0.1) is 0 Å². The summed E-state index contributed by atoms with van der Waals surface area (Å²) in [6.07, 6.45) is 7.61. The van der Waals surface area contributed by atoms with Crippen LogP contribution in [0.4, 0.5) is 0 Å². The third kappa shape index (κ3) is 4.10. The van der Waals surface area contributed by atoms with Crippen LogP contribution >= 0.6 is 0 Å². The molecule has 1 aliphatic carbocycles. The van der Waals surface area contributed by atoms with Crippen LogP contribution < -0.4 is 9.47 Å². The van der Waals surface area contributed by atoms with Crippen molar-refractivity contribution < 1.29 is 19.0 Å². The smallest absolute Gasteiger partial charge is 0.170 e. The number of carbonyl (C=O) groups excluding carboxylic acids is 1. The van der Waals surface area contributed by atoms with Crippen LogP contribution in [0.15, 0.2) is 18.2 Å². The van der Waals surface area contributed by atoms with E-state index < -0.39 is 0 Å². The number of rotatable bonds is 6. The molecule has 0 saturated heterocycles. The fourth-order valence-corrected chi connectivity index (χ4v) is 3.95. The highest BCUT2D eigenvalue weighted by Gasteiger charge is 2.29. The molecule has 0 spiro atoms. The van der Waals surface area contributed by atoms with E-state index in [0.717, 1.165) is 30.6 Å². The van der Waals surface area contributed by atoms with Crippen molar-refractivity contribution in [3.63, 3.8) is 0 Å². The number of carbonyl (C=O) groups is 1. The van der Waals surface area contributed by atoms with E-state index in [4.69, 9.17) is 14.2 Å². The summed E-state index contributed by atoms with van der Waals surface area (Å²) >= 11 is 0. The van der Waals surface area contributed by atoms with Gasteiger partial charge >= 0.3 is 0 Å². The summed E-state index contributed by atoms with van der Waals surface area (Å²) in [6, 6.07) is 5.72. The average Bonchev–Trinajstić information content (AvgIpc) is 2.59. The Balaban J connectivity index is 1.57. The number of Topliss-reactive ketones (excluding diaryl/α,β-unsaturated/α-hetero) is 1. The van der Waals surface area contributed by atoms with Gasteiger partial charge in [0.25, 0.3) is 0 Å². The van der Waals surface area contributed by atoms with Gasteiger partial charge in [-0.25, -0.2) is 0 Å². The zero-order valence-corrected chi connectivity index (χ0v) is 14.8. The Labute approximate surface area is 144 Å². The molecule has 1 aliphatic heterocycles. The van der Waals surface area contributed by atoms with Crippen molar-refractivity contribution in [3.8, 4) is 11.5 Å². The van der Waals surface area contributed by atoms with Gasteiger partial charge < -0.3 is 14.2 Å². The molecule has 0 aromatic heterocycles. The molecule has 0 bridgehead atoms. The van der Waals surface area contributed by atoms with Crippen LogP contribution in [0.3, 0.4) is 0 Å². The van der Waals surface area contributed by atoms with Crippen LogP contribution in [-0.4, -0.2) is 26.1 Å². The van der Waals surface area contributed by atoms with Gasteiger partial charge in [-0.05, 0) is 36.5 Å². The Morgan fingerprint density at radius 3 is 2.83 bits per heavy atom. The normalized spacial score (nSPS) is 22.3. The lowest BCUT2D eigenvalue weighted by Crippen LogP contribution is -2.26. The predicted octanol–water partition coefficient (Wildman–Crippen LogP) is 4.47. The monoisotopic (exact) mass is 332 g/mol. The van der Waals surface area contributed by atoms with E-state index in [1.807, 2.05) is 18.2 Å². The van der Waals surface area contributed by atoms with Gasteiger partial charge in [0.2, 0.25) is 0 Å². The Kier molecular flexibility index (Phi) is 5.44. The summed E-state index contributed by atoms with van der Waals surface area (Å²) in [7, 11) is 1.71. The first-order valence-electron chi connectivity index (χ1n) is 9.04. The van der Waals surface area contributed by atoms with Crippen LogP contribution in [0.2, 0.25) is 0 Å². The molecule has 0 amide bonds. The molecular formula is C20H28O4. The van der Waals surface area contributed by atoms with Gasteiger partial charge in [-0.3, -0.25) is 4.79 Å². The van der Waals surface area contributed by atoms with Gasteiger partial charge in [0.15, 0.2) is 5.78 Å². The van der Waals surface area contributed by atoms with E-state index in [0.29, 0.717) is 18.8 Å². The van der Waals surface area contributed by atoms with E-state index in [1.165, 1.54) is 19.3 Å². The molecule has 1 heterocycles. The van der Waals surface area contributed by atoms with Crippen molar-refractivity contribution in [2.24, 2.45) is 5.41 Å². The highest BCUT2D eigenvalue weighted by Crippen LogP contribution is 2.39. The van der Waals surface area contributed by atoms with E-state index >= 15 is 0 Å². The second-order valence-electron chi connectivity index (χ2n) is 7.44. The minimum Gasteiger partial charge on any atom is -0.493 e. The summed E-state index contributed by atoms with van der Waals surface area (Å²) in [5.74, 6) is 1.75. The summed E-state index contributed by atoms with van der Waals surface area (Å²) in [5, 5.41) is 0. The molecule has 132 valence electrons. The quantitative estimate of drug-likeness (QED) is 0.771. The molecule has 3 rings (SSSR count). The van der Waals surface area contributed by atoms with E-state index in [1.54, 1.807) is 7.11 Å². The first-order chi connectivity index (χ1) is 11.6. The van der Waals surface area contributed by atoms with Gasteiger partial charge in [0.1, 0.15) is 18.1 Å². The molecule has 24 heavy (non-hydrogen) atoms. The fraction of sp³-hybridized carbons (Fsp3) is 0.650. The van der Waals surface area contributed by atoms with Crippen LogP contribution in [0.5, 0.6) is 11.5 Å². The van der Waals surface area contributed by atoms with Gasteiger partial charge in [0.05, 0.1) is 12.7 Å². The molecular weight excluding hydrogens is 304 g/mol. The molecule has 1 unspecified atom stereocenters. The number of ether oxygens (including phenoxy) is 3. The van der Waals surface area contributed by atoms with Crippen LogP contribution in [0, 0.1) is 5.41 Å². The fourth-order valence-electron chi connectivity index (χ4n) is 3.95. The van der Waals surface area contributed by atoms with E-state index in [-0.39, 0.29) is 23.9 Å². The second kappa shape index (κ2) is 7.56. The molecule has 0 radical (unpaired) electrons. The summed E-state index contributed by atoms with van der Waals surface area (Å²) in [4.78, 5) is 12.3. The maximum Gasteiger partial charge on any atom is 0.170 e. The number of hydrogen-bond acceptors (Lipinski definition) is 4. The Morgan fingerprint density at radius 2 is 2.08 bits per heavy atom. The minimum absolute atomic E-state index is 0.0363. The number of ketones is 1. The molecule has 4 heteroatoms. The first-order valence-corrected chi connectivity index (χ1v) is 9.04. The predicted molar refractivity (Wildman–Crippen MR) is 92.6 cm³/mol. The maximum absolute atomic E-state index is 12.3. The van der Waals surface area contributed by atoms with Crippen molar-refractivity contribution in [1.29, 1.82) is 0 Å². The lowest BCUT2D eigenvalue weighted by atomic mass is 9.72. The van der Waals surface area contributed by atoms with Gasteiger partial charge in [-0.2, -0.15) is 0 Å².